The molecule has 0 spiro atoms. The van der Waals surface area contributed by atoms with Gasteiger partial charge in [-0.1, -0.05) is 12.1 Å². The zero-order chi connectivity index (χ0) is 13.9. The molecule has 1 N–H and O–H groups in total. The van der Waals surface area contributed by atoms with Crippen LogP contribution in [0, 0.1) is 0 Å². The van der Waals surface area contributed by atoms with Gasteiger partial charge < -0.3 is 9.84 Å². The van der Waals surface area contributed by atoms with Gasteiger partial charge in [0.25, 0.3) is 0 Å². The highest BCUT2D eigenvalue weighted by molar-refractivity contribution is 7.81. The monoisotopic (exact) mass is 280 g/mol. The van der Waals surface area contributed by atoms with E-state index < -0.39 is 11.6 Å². The minimum absolute atomic E-state index is 0.0506. The zero-order valence-electron chi connectivity index (χ0n) is 10.5. The number of esters is 1. The standard InChI is InChI=1S/C14H16O4S/c15-12(9-19)18-14(7-1-2-8-14)11-5-3-10(4-6-11)13(16)17/h3-6,19H,1-2,7-9H2,(H,16,17). The SMILES string of the molecule is O=C(CS)OC1(c2ccc(C(=O)O)cc2)CCCC1. The molecular weight excluding hydrogens is 264 g/mol. The molecule has 0 aliphatic heterocycles. The number of ether oxygens (including phenoxy) is 1. The normalized spacial score (nSPS) is 17.1. The van der Waals surface area contributed by atoms with E-state index in [1.165, 1.54) is 0 Å². The van der Waals surface area contributed by atoms with E-state index >= 15 is 0 Å². The number of carbonyl (C=O) groups is 2. The Balaban J connectivity index is 2.28. The maximum absolute atomic E-state index is 11.5. The molecule has 1 aliphatic carbocycles. The van der Waals surface area contributed by atoms with Gasteiger partial charge in [-0.2, -0.15) is 12.6 Å². The van der Waals surface area contributed by atoms with Gasteiger partial charge in [0.1, 0.15) is 5.60 Å². The third kappa shape index (κ3) is 2.92. The Bertz CT molecular complexity index is 475. The van der Waals surface area contributed by atoms with Crippen LogP contribution in [0.3, 0.4) is 0 Å². The fourth-order valence-corrected chi connectivity index (χ4v) is 2.63. The molecule has 1 aliphatic rings. The minimum atomic E-state index is -0.959. The van der Waals surface area contributed by atoms with Crippen LogP contribution in [0.25, 0.3) is 0 Å². The molecular formula is C14H16O4S. The van der Waals surface area contributed by atoms with Gasteiger partial charge in [-0.3, -0.25) is 4.79 Å². The van der Waals surface area contributed by atoms with Crippen molar-refractivity contribution in [1.82, 2.24) is 0 Å². The largest absolute Gasteiger partial charge is 0.478 e. The second-order valence-corrected chi connectivity index (χ2v) is 5.03. The van der Waals surface area contributed by atoms with Gasteiger partial charge in [0.15, 0.2) is 0 Å². The number of carboxylic acids is 1. The van der Waals surface area contributed by atoms with E-state index in [0.717, 1.165) is 31.2 Å². The number of hydrogen-bond acceptors (Lipinski definition) is 4. The molecule has 4 nitrogen and oxygen atoms in total. The van der Waals surface area contributed by atoms with Crippen molar-refractivity contribution in [2.75, 3.05) is 5.75 Å². The molecule has 0 heterocycles. The average molecular weight is 280 g/mol. The fraction of sp³-hybridized carbons (Fsp3) is 0.429. The average Bonchev–Trinajstić information content (AvgIpc) is 2.88. The van der Waals surface area contributed by atoms with Gasteiger partial charge in [0, 0.05) is 0 Å². The maximum Gasteiger partial charge on any atom is 0.335 e. The third-order valence-electron chi connectivity index (χ3n) is 3.51. The third-order valence-corrected chi connectivity index (χ3v) is 3.77. The molecule has 1 saturated carbocycles. The van der Waals surface area contributed by atoms with Crippen molar-refractivity contribution in [2.45, 2.75) is 31.3 Å². The van der Waals surface area contributed by atoms with Crippen molar-refractivity contribution in [3.8, 4) is 0 Å². The fourth-order valence-electron chi connectivity index (χ4n) is 2.56. The molecule has 19 heavy (non-hydrogen) atoms. The molecule has 0 aromatic heterocycles. The van der Waals surface area contributed by atoms with Crippen LogP contribution in [-0.4, -0.2) is 22.8 Å². The highest BCUT2D eigenvalue weighted by Gasteiger charge is 2.39. The van der Waals surface area contributed by atoms with E-state index in [4.69, 9.17) is 9.84 Å². The van der Waals surface area contributed by atoms with Crippen molar-refractivity contribution in [2.24, 2.45) is 0 Å². The summed E-state index contributed by atoms with van der Waals surface area (Å²) in [5.41, 5.74) is 0.499. The van der Waals surface area contributed by atoms with Crippen molar-refractivity contribution in [3.05, 3.63) is 35.4 Å². The molecule has 0 atom stereocenters. The number of benzene rings is 1. The van der Waals surface area contributed by atoms with Crippen molar-refractivity contribution < 1.29 is 19.4 Å². The molecule has 0 bridgehead atoms. The Kier molecular flexibility index (Phi) is 4.14. The van der Waals surface area contributed by atoms with E-state index in [1.807, 2.05) is 0 Å². The first-order valence-electron chi connectivity index (χ1n) is 6.24. The molecule has 0 saturated heterocycles. The van der Waals surface area contributed by atoms with Crippen LogP contribution in [0.15, 0.2) is 24.3 Å². The number of rotatable bonds is 4. The molecule has 1 aromatic carbocycles. The van der Waals surface area contributed by atoms with Gasteiger partial charge in [0.2, 0.25) is 0 Å². The van der Waals surface area contributed by atoms with Crippen LogP contribution in [0.4, 0.5) is 0 Å². The van der Waals surface area contributed by atoms with Gasteiger partial charge in [-0.05, 0) is 43.4 Å². The second kappa shape index (κ2) is 5.65. The Labute approximate surface area is 117 Å². The molecule has 0 unspecified atom stereocenters. The summed E-state index contributed by atoms with van der Waals surface area (Å²) in [6.07, 6.45) is 3.55. The lowest BCUT2D eigenvalue weighted by Gasteiger charge is -2.29. The lowest BCUT2D eigenvalue weighted by Crippen LogP contribution is -2.30. The number of carbonyl (C=O) groups excluding carboxylic acids is 1. The molecule has 1 fully saturated rings. The summed E-state index contributed by atoms with van der Waals surface area (Å²) in [5, 5.41) is 8.89. The second-order valence-electron chi connectivity index (χ2n) is 4.72. The molecule has 0 amide bonds. The molecule has 5 heteroatoms. The van der Waals surface area contributed by atoms with Crippen molar-refractivity contribution in [3.63, 3.8) is 0 Å². The smallest absolute Gasteiger partial charge is 0.335 e. The Morgan fingerprint density at radius 3 is 2.26 bits per heavy atom. The summed E-state index contributed by atoms with van der Waals surface area (Å²) in [7, 11) is 0. The van der Waals surface area contributed by atoms with Crippen LogP contribution < -0.4 is 0 Å². The maximum atomic E-state index is 11.5. The first kappa shape index (κ1) is 13.9. The Morgan fingerprint density at radius 1 is 1.21 bits per heavy atom. The Hall–Kier alpha value is -1.49. The summed E-state index contributed by atoms with van der Waals surface area (Å²) >= 11 is 3.93. The number of carboxylic acid groups (broad SMARTS) is 1. The predicted octanol–water partition coefficient (Wildman–Crippen LogP) is 2.63. The zero-order valence-corrected chi connectivity index (χ0v) is 11.4. The highest BCUT2D eigenvalue weighted by Crippen LogP contribution is 2.42. The van der Waals surface area contributed by atoms with Crippen molar-refractivity contribution >= 4 is 24.6 Å². The van der Waals surface area contributed by atoms with E-state index in [0.29, 0.717) is 0 Å². The van der Waals surface area contributed by atoms with Crippen LogP contribution >= 0.6 is 12.6 Å². The van der Waals surface area contributed by atoms with E-state index in [9.17, 15) is 9.59 Å². The number of thiol groups is 1. The summed E-state index contributed by atoms with van der Waals surface area (Å²) in [5.74, 6) is -1.25. The summed E-state index contributed by atoms with van der Waals surface area (Å²) in [4.78, 5) is 22.4. The van der Waals surface area contributed by atoms with Crippen LogP contribution in [0.2, 0.25) is 0 Å². The van der Waals surface area contributed by atoms with Crippen LogP contribution in [0.1, 0.15) is 41.6 Å². The first-order chi connectivity index (χ1) is 9.07. The first-order valence-corrected chi connectivity index (χ1v) is 6.87. The highest BCUT2D eigenvalue weighted by atomic mass is 32.1. The van der Waals surface area contributed by atoms with E-state index in [1.54, 1.807) is 24.3 Å². The molecule has 1 aromatic rings. The van der Waals surface area contributed by atoms with Gasteiger partial charge in [-0.15, -0.1) is 0 Å². The summed E-state index contributed by atoms with van der Waals surface area (Å²) in [6.45, 7) is 0. The van der Waals surface area contributed by atoms with Gasteiger partial charge in [-0.25, -0.2) is 4.79 Å². The van der Waals surface area contributed by atoms with E-state index in [-0.39, 0.29) is 17.3 Å². The molecule has 102 valence electrons. The van der Waals surface area contributed by atoms with Crippen molar-refractivity contribution in [1.29, 1.82) is 0 Å². The topological polar surface area (TPSA) is 63.6 Å². The van der Waals surface area contributed by atoms with Crippen LogP contribution in [-0.2, 0) is 15.1 Å². The number of aromatic carboxylic acids is 1. The Morgan fingerprint density at radius 2 is 1.79 bits per heavy atom. The predicted molar refractivity (Wildman–Crippen MR) is 73.5 cm³/mol. The lowest BCUT2D eigenvalue weighted by molar-refractivity contribution is -0.157. The summed E-state index contributed by atoms with van der Waals surface area (Å²) in [6, 6.07) is 6.57. The molecule has 2 rings (SSSR count). The molecule has 0 radical (unpaired) electrons. The minimum Gasteiger partial charge on any atom is -0.478 e. The van der Waals surface area contributed by atoms with Gasteiger partial charge in [0.05, 0.1) is 11.3 Å². The summed E-state index contributed by atoms with van der Waals surface area (Å²) < 4.78 is 5.57. The van der Waals surface area contributed by atoms with E-state index in [2.05, 4.69) is 12.6 Å². The quantitative estimate of drug-likeness (QED) is 0.657. The van der Waals surface area contributed by atoms with Gasteiger partial charge >= 0.3 is 11.9 Å². The number of hydrogen-bond donors (Lipinski definition) is 2. The van der Waals surface area contributed by atoms with Crippen LogP contribution in [0.5, 0.6) is 0 Å². The lowest BCUT2D eigenvalue weighted by atomic mass is 9.91.